The van der Waals surface area contributed by atoms with Crippen molar-refractivity contribution in [1.29, 1.82) is 0 Å². The molecule has 1 amide bonds. The Bertz CT molecular complexity index is 771. The van der Waals surface area contributed by atoms with Gasteiger partial charge in [-0.25, -0.2) is 4.39 Å². The second-order valence-electron chi connectivity index (χ2n) is 6.97. The minimum atomic E-state index is -0.363. The molecule has 0 saturated carbocycles. The van der Waals surface area contributed by atoms with Gasteiger partial charge in [0.2, 0.25) is 0 Å². The summed E-state index contributed by atoms with van der Waals surface area (Å²) in [6.07, 6.45) is 0.672. The number of nitrogens with one attached hydrogen (secondary N) is 1. The van der Waals surface area contributed by atoms with E-state index in [9.17, 15) is 9.18 Å². The number of ether oxygens (including phenoxy) is 2. The van der Waals surface area contributed by atoms with E-state index in [2.05, 4.69) is 5.32 Å². The third-order valence-corrected chi connectivity index (χ3v) is 4.14. The van der Waals surface area contributed by atoms with Gasteiger partial charge in [0.1, 0.15) is 22.9 Å². The molecule has 1 aliphatic rings. The first-order valence-corrected chi connectivity index (χ1v) is 8.30. The van der Waals surface area contributed by atoms with E-state index in [1.807, 2.05) is 39.0 Å². The Morgan fingerprint density at radius 2 is 2.00 bits per heavy atom. The van der Waals surface area contributed by atoms with E-state index in [0.29, 0.717) is 12.2 Å². The maximum atomic E-state index is 12.9. The summed E-state index contributed by atoms with van der Waals surface area (Å²) in [5.41, 5.74) is 1.73. The van der Waals surface area contributed by atoms with Gasteiger partial charge in [-0.1, -0.05) is 17.7 Å². The number of aryl methyl sites for hydroxylation is 1. The summed E-state index contributed by atoms with van der Waals surface area (Å²) in [7, 11) is 0. The summed E-state index contributed by atoms with van der Waals surface area (Å²) in [5.74, 6) is 0.694. The summed E-state index contributed by atoms with van der Waals surface area (Å²) < 4.78 is 24.3. The molecule has 1 aliphatic heterocycles. The Kier molecular flexibility index (Phi) is 4.66. The Morgan fingerprint density at radius 3 is 2.72 bits per heavy atom. The number of rotatable bonds is 4. The van der Waals surface area contributed by atoms with Crippen LogP contribution in [0.2, 0.25) is 0 Å². The van der Waals surface area contributed by atoms with Crippen LogP contribution in [0.4, 0.5) is 4.39 Å². The topological polar surface area (TPSA) is 47.6 Å². The van der Waals surface area contributed by atoms with Crippen molar-refractivity contribution >= 4 is 5.91 Å². The van der Waals surface area contributed by atoms with Crippen LogP contribution in [0.15, 0.2) is 42.5 Å². The number of amides is 1. The van der Waals surface area contributed by atoms with Crippen LogP contribution in [0.5, 0.6) is 11.5 Å². The number of halogens is 1. The maximum Gasteiger partial charge on any atom is 0.258 e. The van der Waals surface area contributed by atoms with Crippen LogP contribution in [0.3, 0.4) is 0 Å². The van der Waals surface area contributed by atoms with E-state index in [1.165, 1.54) is 24.3 Å². The molecule has 0 aliphatic carbocycles. The van der Waals surface area contributed by atoms with Crippen molar-refractivity contribution in [2.45, 2.75) is 38.8 Å². The number of fused-ring (bicyclic) bond motifs is 1. The van der Waals surface area contributed by atoms with Crippen molar-refractivity contribution < 1.29 is 18.7 Å². The SMILES string of the molecule is Cc1ccc2c(c1)[C@H](NC(=O)COc1ccc(F)cc1)CC(C)(C)O2. The van der Waals surface area contributed by atoms with Gasteiger partial charge in [0.05, 0.1) is 6.04 Å². The van der Waals surface area contributed by atoms with Crippen molar-refractivity contribution in [1.82, 2.24) is 5.32 Å². The van der Waals surface area contributed by atoms with E-state index in [4.69, 9.17) is 9.47 Å². The zero-order chi connectivity index (χ0) is 18.0. The van der Waals surface area contributed by atoms with Crippen molar-refractivity contribution in [3.63, 3.8) is 0 Å². The molecule has 5 heteroatoms. The van der Waals surface area contributed by atoms with Crippen LogP contribution >= 0.6 is 0 Å². The molecular formula is C20H22FNO3. The molecular weight excluding hydrogens is 321 g/mol. The Morgan fingerprint density at radius 1 is 1.28 bits per heavy atom. The first kappa shape index (κ1) is 17.3. The van der Waals surface area contributed by atoms with Crippen molar-refractivity contribution in [3.8, 4) is 11.5 Å². The smallest absolute Gasteiger partial charge is 0.258 e. The number of benzene rings is 2. The van der Waals surface area contributed by atoms with Gasteiger partial charge < -0.3 is 14.8 Å². The van der Waals surface area contributed by atoms with Crippen LogP contribution in [0.25, 0.3) is 0 Å². The lowest BCUT2D eigenvalue weighted by Crippen LogP contribution is -2.42. The highest BCUT2D eigenvalue weighted by molar-refractivity contribution is 5.78. The summed E-state index contributed by atoms with van der Waals surface area (Å²) in [4.78, 5) is 12.3. The highest BCUT2D eigenvalue weighted by Crippen LogP contribution is 2.39. The number of hydrogen-bond acceptors (Lipinski definition) is 3. The van der Waals surface area contributed by atoms with Gasteiger partial charge in [-0.05, 0) is 51.1 Å². The van der Waals surface area contributed by atoms with Crippen LogP contribution < -0.4 is 14.8 Å². The number of hydrogen-bond donors (Lipinski definition) is 1. The predicted octanol–water partition coefficient (Wildman–Crippen LogP) is 3.93. The molecule has 25 heavy (non-hydrogen) atoms. The summed E-state index contributed by atoms with van der Waals surface area (Å²) in [6, 6.07) is 11.4. The third kappa shape index (κ3) is 4.29. The van der Waals surface area contributed by atoms with Crippen LogP contribution in [-0.2, 0) is 4.79 Å². The highest BCUT2D eigenvalue weighted by Gasteiger charge is 2.34. The lowest BCUT2D eigenvalue weighted by molar-refractivity contribution is -0.124. The molecule has 0 aromatic heterocycles. The second kappa shape index (κ2) is 6.75. The monoisotopic (exact) mass is 343 g/mol. The fourth-order valence-corrected chi connectivity index (χ4v) is 3.02. The van der Waals surface area contributed by atoms with Crippen LogP contribution in [0.1, 0.15) is 37.4 Å². The minimum Gasteiger partial charge on any atom is -0.487 e. The predicted molar refractivity (Wildman–Crippen MR) is 93.3 cm³/mol. The molecule has 0 radical (unpaired) electrons. The quantitative estimate of drug-likeness (QED) is 0.915. The fourth-order valence-electron chi connectivity index (χ4n) is 3.02. The highest BCUT2D eigenvalue weighted by atomic mass is 19.1. The summed E-state index contributed by atoms with van der Waals surface area (Å²) >= 11 is 0. The number of carbonyl (C=O) groups excluding carboxylic acids is 1. The molecule has 0 spiro atoms. The Balaban J connectivity index is 1.68. The first-order chi connectivity index (χ1) is 11.8. The molecule has 1 N–H and O–H groups in total. The largest absolute Gasteiger partial charge is 0.487 e. The van der Waals surface area contributed by atoms with E-state index in [1.54, 1.807) is 0 Å². The van der Waals surface area contributed by atoms with Crippen LogP contribution in [0, 0.1) is 12.7 Å². The fraction of sp³-hybridized carbons (Fsp3) is 0.350. The van der Waals surface area contributed by atoms with Crippen molar-refractivity contribution in [3.05, 3.63) is 59.4 Å². The molecule has 132 valence electrons. The third-order valence-electron chi connectivity index (χ3n) is 4.14. The van der Waals surface area contributed by atoms with Crippen molar-refractivity contribution in [2.24, 2.45) is 0 Å². The normalized spacial score (nSPS) is 18.0. The standard InChI is InChI=1S/C20H22FNO3/c1-13-4-9-18-16(10-13)17(11-20(2,3)25-18)22-19(23)12-24-15-7-5-14(21)6-8-15/h4-10,17H,11-12H2,1-3H3,(H,22,23)/t17-/m1/s1. The van der Waals surface area contributed by atoms with Gasteiger partial charge in [-0.2, -0.15) is 0 Å². The molecule has 1 atom stereocenters. The summed E-state index contributed by atoms with van der Waals surface area (Å²) in [5, 5.41) is 3.02. The molecule has 0 saturated heterocycles. The van der Waals surface area contributed by atoms with E-state index < -0.39 is 0 Å². The van der Waals surface area contributed by atoms with E-state index in [-0.39, 0.29) is 30.0 Å². The zero-order valence-electron chi connectivity index (χ0n) is 14.6. The lowest BCUT2D eigenvalue weighted by Gasteiger charge is -2.38. The molecule has 0 bridgehead atoms. The average Bonchev–Trinajstić information content (AvgIpc) is 2.54. The van der Waals surface area contributed by atoms with Gasteiger partial charge in [-0.15, -0.1) is 0 Å². The zero-order valence-corrected chi connectivity index (χ0v) is 14.6. The first-order valence-electron chi connectivity index (χ1n) is 8.30. The molecule has 1 heterocycles. The average molecular weight is 343 g/mol. The molecule has 0 unspecified atom stereocenters. The van der Waals surface area contributed by atoms with Crippen LogP contribution in [-0.4, -0.2) is 18.1 Å². The minimum absolute atomic E-state index is 0.120. The van der Waals surface area contributed by atoms with E-state index >= 15 is 0 Å². The summed E-state index contributed by atoms with van der Waals surface area (Å²) in [6.45, 7) is 5.90. The van der Waals surface area contributed by atoms with Crippen molar-refractivity contribution in [2.75, 3.05) is 6.61 Å². The molecule has 2 aromatic carbocycles. The second-order valence-corrected chi connectivity index (χ2v) is 6.97. The van der Waals surface area contributed by atoms with Gasteiger partial charge >= 0.3 is 0 Å². The van der Waals surface area contributed by atoms with Gasteiger partial charge in [0.15, 0.2) is 6.61 Å². The van der Waals surface area contributed by atoms with E-state index in [0.717, 1.165) is 16.9 Å². The van der Waals surface area contributed by atoms with Gasteiger partial charge in [0.25, 0.3) is 5.91 Å². The Labute approximate surface area is 147 Å². The van der Waals surface area contributed by atoms with Gasteiger partial charge in [0, 0.05) is 12.0 Å². The molecule has 4 nitrogen and oxygen atoms in total. The Hall–Kier alpha value is -2.56. The van der Waals surface area contributed by atoms with Gasteiger partial charge in [-0.3, -0.25) is 4.79 Å². The maximum absolute atomic E-state index is 12.9. The number of carbonyl (C=O) groups is 1. The molecule has 0 fully saturated rings. The molecule has 2 aromatic rings. The molecule has 3 rings (SSSR count). The lowest BCUT2D eigenvalue weighted by atomic mass is 9.89.